The Morgan fingerprint density at radius 3 is 2.82 bits per heavy atom. The molecule has 1 aromatic carbocycles. The van der Waals surface area contributed by atoms with E-state index in [2.05, 4.69) is 0 Å². The van der Waals surface area contributed by atoms with E-state index in [1.165, 1.54) is 24.3 Å². The summed E-state index contributed by atoms with van der Waals surface area (Å²) < 4.78 is 46.9. The van der Waals surface area contributed by atoms with Crippen LogP contribution in [-0.4, -0.2) is 17.0 Å². The van der Waals surface area contributed by atoms with E-state index in [-0.39, 0.29) is 23.0 Å². The molecular formula is C12H15Cl2NO2. The third-order valence-electron chi connectivity index (χ3n) is 2.40. The summed E-state index contributed by atoms with van der Waals surface area (Å²) in [6, 6.07) is 5.55. The minimum atomic E-state index is -3.23. The van der Waals surface area contributed by atoms with Crippen molar-refractivity contribution >= 4 is 29.8 Å². The minimum Gasteiger partial charge on any atom is -0.385 e. The predicted molar refractivity (Wildman–Crippen MR) is 69.4 cm³/mol. The van der Waals surface area contributed by atoms with Crippen molar-refractivity contribution in [2.45, 2.75) is 30.8 Å². The van der Waals surface area contributed by atoms with Crippen molar-refractivity contribution < 1.29 is 18.1 Å². The van der Waals surface area contributed by atoms with E-state index in [9.17, 15) is 9.90 Å². The highest BCUT2D eigenvalue weighted by molar-refractivity contribution is 6.31. The van der Waals surface area contributed by atoms with Crippen molar-refractivity contribution in [3.8, 4) is 0 Å². The first-order chi connectivity index (χ1) is 9.83. The molecule has 2 unspecified atom stereocenters. The predicted octanol–water partition coefficient (Wildman–Crippen LogP) is 2.03. The Morgan fingerprint density at radius 1 is 1.53 bits per heavy atom. The van der Waals surface area contributed by atoms with Crippen LogP contribution in [0, 0.1) is 0 Å². The lowest BCUT2D eigenvalue weighted by Crippen LogP contribution is -2.52. The van der Waals surface area contributed by atoms with Gasteiger partial charge in [0.05, 0.1) is 0 Å². The van der Waals surface area contributed by atoms with E-state index in [4.69, 9.17) is 25.6 Å². The summed E-state index contributed by atoms with van der Waals surface area (Å²) in [6.07, 6.45) is -11.9. The monoisotopic (exact) mass is 281 g/mol. The molecule has 1 fully saturated rings. The first-order valence-corrected chi connectivity index (χ1v) is 4.97. The Bertz CT molecular complexity index is 642. The zero-order valence-corrected chi connectivity index (χ0v) is 10.2. The number of hydrogen-bond acceptors (Lipinski definition) is 3. The molecule has 0 aliphatic heterocycles. The number of benzene rings is 1. The second kappa shape index (κ2) is 5.36. The largest absolute Gasteiger partial charge is 0.385 e. The summed E-state index contributed by atoms with van der Waals surface area (Å²) in [6.45, 7) is 0. The van der Waals surface area contributed by atoms with Crippen molar-refractivity contribution in [3.63, 3.8) is 0 Å². The van der Waals surface area contributed by atoms with E-state index < -0.39 is 36.5 Å². The van der Waals surface area contributed by atoms with Crippen LogP contribution >= 0.6 is 24.0 Å². The SMILES string of the molecule is Cl.[2H]C1([2H])C(O)C(=O)C(N)(c2ccccc2Cl)C([2H])([2H])C1([2H])[2H]. The average Bonchev–Trinajstić information content (AvgIpc) is 2.43. The van der Waals surface area contributed by atoms with E-state index >= 15 is 0 Å². The Labute approximate surface area is 120 Å². The molecule has 0 spiro atoms. The summed E-state index contributed by atoms with van der Waals surface area (Å²) in [4.78, 5) is 12.4. The summed E-state index contributed by atoms with van der Waals surface area (Å²) in [5.41, 5.74) is 3.09. The Balaban J connectivity index is 0.00000264. The smallest absolute Gasteiger partial charge is 0.185 e. The lowest BCUT2D eigenvalue weighted by molar-refractivity contribution is -0.136. The lowest BCUT2D eigenvalue weighted by atomic mass is 9.75. The highest BCUT2D eigenvalue weighted by Gasteiger charge is 2.43. The Morgan fingerprint density at radius 2 is 2.18 bits per heavy atom. The van der Waals surface area contributed by atoms with Crippen LogP contribution < -0.4 is 5.73 Å². The number of halogens is 2. The molecule has 3 N–H and O–H groups in total. The molecule has 17 heavy (non-hydrogen) atoms. The minimum absolute atomic E-state index is 0. The van der Waals surface area contributed by atoms with Crippen LogP contribution in [0.25, 0.3) is 0 Å². The van der Waals surface area contributed by atoms with E-state index in [0.29, 0.717) is 0 Å². The van der Waals surface area contributed by atoms with Gasteiger partial charge in [0, 0.05) is 13.2 Å². The van der Waals surface area contributed by atoms with Crippen LogP contribution in [0.2, 0.25) is 5.02 Å². The van der Waals surface area contributed by atoms with Crippen LogP contribution in [0.3, 0.4) is 0 Å². The maximum absolute atomic E-state index is 12.4. The van der Waals surface area contributed by atoms with Gasteiger partial charge in [-0.2, -0.15) is 0 Å². The molecule has 0 aromatic heterocycles. The number of carbonyl (C=O) groups is 1. The first-order valence-electron chi connectivity index (χ1n) is 7.59. The third-order valence-corrected chi connectivity index (χ3v) is 2.73. The van der Waals surface area contributed by atoms with Crippen molar-refractivity contribution in [2.24, 2.45) is 5.73 Å². The van der Waals surface area contributed by atoms with Crippen LogP contribution in [-0.2, 0) is 10.3 Å². The molecule has 0 amide bonds. The maximum atomic E-state index is 12.4. The van der Waals surface area contributed by atoms with Gasteiger partial charge in [-0.15, -0.1) is 12.4 Å². The second-order valence-corrected chi connectivity index (χ2v) is 3.86. The molecule has 1 aliphatic rings. The molecule has 5 heteroatoms. The lowest BCUT2D eigenvalue weighted by Gasteiger charge is -2.35. The fraction of sp³-hybridized carbons (Fsp3) is 0.417. The molecule has 0 radical (unpaired) electrons. The molecule has 0 bridgehead atoms. The van der Waals surface area contributed by atoms with Crippen LogP contribution in [0.1, 0.15) is 32.9 Å². The number of hydrogen-bond donors (Lipinski definition) is 2. The van der Waals surface area contributed by atoms with Gasteiger partial charge < -0.3 is 10.8 Å². The Kier molecular flexibility index (Phi) is 2.44. The summed E-state index contributed by atoms with van der Waals surface area (Å²) in [7, 11) is 0. The van der Waals surface area contributed by atoms with Crippen molar-refractivity contribution in [1.29, 1.82) is 0 Å². The number of nitrogens with two attached hydrogens (primary N) is 1. The van der Waals surface area contributed by atoms with Gasteiger partial charge in [0.1, 0.15) is 11.6 Å². The topological polar surface area (TPSA) is 63.3 Å². The van der Waals surface area contributed by atoms with Crippen LogP contribution in [0.5, 0.6) is 0 Å². The number of rotatable bonds is 1. The third kappa shape index (κ3) is 2.47. The van der Waals surface area contributed by atoms with Gasteiger partial charge in [-0.05, 0) is 30.7 Å². The fourth-order valence-corrected chi connectivity index (χ4v) is 1.81. The molecule has 2 atom stereocenters. The molecule has 2 rings (SSSR count). The van der Waals surface area contributed by atoms with E-state index in [1.807, 2.05) is 0 Å². The number of aliphatic hydroxyl groups is 1. The van der Waals surface area contributed by atoms with E-state index in [0.717, 1.165) is 0 Å². The average molecular weight is 282 g/mol. The Hall–Kier alpha value is -0.610. The zero-order chi connectivity index (χ0) is 17.1. The molecule has 0 saturated heterocycles. The molecule has 1 aromatic rings. The summed E-state index contributed by atoms with van der Waals surface area (Å²) in [5, 5.41) is 9.83. The first kappa shape index (κ1) is 7.74. The number of ketones is 1. The summed E-state index contributed by atoms with van der Waals surface area (Å²) >= 11 is 5.96. The number of aliphatic hydroxyl groups excluding tert-OH is 1. The van der Waals surface area contributed by atoms with Crippen molar-refractivity contribution in [1.82, 2.24) is 0 Å². The zero-order valence-electron chi connectivity index (χ0n) is 14.6. The molecule has 94 valence electrons. The van der Waals surface area contributed by atoms with Gasteiger partial charge >= 0.3 is 0 Å². The summed E-state index contributed by atoms with van der Waals surface area (Å²) in [5.74, 6) is -1.36. The standard InChI is InChI=1S/C12H14ClNO2.ClH/c13-9-5-2-1-4-8(9)12(14)7-3-6-10(15)11(12)16;/h1-2,4-5,10,15H,3,6-7,14H2;1H/i3D2,6D2,7D2;. The van der Waals surface area contributed by atoms with Crippen molar-refractivity contribution in [3.05, 3.63) is 34.9 Å². The van der Waals surface area contributed by atoms with Gasteiger partial charge in [0.15, 0.2) is 5.78 Å². The number of Topliss-reactive ketones (excluding diaryl/α,β-unsaturated/α-hetero) is 1. The maximum Gasteiger partial charge on any atom is 0.185 e. The van der Waals surface area contributed by atoms with Crippen LogP contribution in [0.15, 0.2) is 24.3 Å². The van der Waals surface area contributed by atoms with Gasteiger partial charge in [0.25, 0.3) is 0 Å². The normalized spacial score (nSPS) is 42.8. The molecule has 1 saturated carbocycles. The molecular weight excluding hydrogens is 261 g/mol. The van der Waals surface area contributed by atoms with E-state index in [1.54, 1.807) is 0 Å². The van der Waals surface area contributed by atoms with Gasteiger partial charge in [-0.25, -0.2) is 0 Å². The van der Waals surface area contributed by atoms with Crippen molar-refractivity contribution in [2.75, 3.05) is 0 Å². The quantitative estimate of drug-likeness (QED) is 0.828. The van der Waals surface area contributed by atoms with Gasteiger partial charge in [0.2, 0.25) is 0 Å². The molecule has 0 heterocycles. The van der Waals surface area contributed by atoms with Crippen LogP contribution in [0.4, 0.5) is 0 Å². The second-order valence-electron chi connectivity index (χ2n) is 3.45. The fourth-order valence-electron chi connectivity index (χ4n) is 1.53. The van der Waals surface area contributed by atoms with Gasteiger partial charge in [-0.1, -0.05) is 29.8 Å². The molecule has 1 aliphatic carbocycles. The molecule has 3 nitrogen and oxygen atoms in total. The highest BCUT2D eigenvalue weighted by Crippen LogP contribution is 2.35. The number of carbonyl (C=O) groups excluding carboxylic acids is 1. The highest BCUT2D eigenvalue weighted by atomic mass is 35.5. The van der Waals surface area contributed by atoms with Gasteiger partial charge in [-0.3, -0.25) is 4.79 Å².